The maximum absolute atomic E-state index is 12.9. The minimum atomic E-state index is -0.512. The Balaban J connectivity index is 1.91. The monoisotopic (exact) mass is 369 g/mol. The SMILES string of the molecule is CCc1ccc(C2NC(=O)NC(C)=C2C(=O)Nc2ccc(Cl)cc2)cc1. The van der Waals surface area contributed by atoms with E-state index in [9.17, 15) is 9.59 Å². The van der Waals surface area contributed by atoms with Gasteiger partial charge in [0, 0.05) is 16.4 Å². The summed E-state index contributed by atoms with van der Waals surface area (Å²) in [7, 11) is 0. The molecule has 0 fully saturated rings. The molecule has 26 heavy (non-hydrogen) atoms. The highest BCUT2D eigenvalue weighted by Gasteiger charge is 2.31. The van der Waals surface area contributed by atoms with E-state index in [1.54, 1.807) is 31.2 Å². The van der Waals surface area contributed by atoms with Gasteiger partial charge >= 0.3 is 6.03 Å². The van der Waals surface area contributed by atoms with Gasteiger partial charge in [-0.05, 0) is 48.7 Å². The topological polar surface area (TPSA) is 70.2 Å². The van der Waals surface area contributed by atoms with E-state index in [0.29, 0.717) is 22.0 Å². The first-order valence-corrected chi connectivity index (χ1v) is 8.79. The Hall–Kier alpha value is -2.79. The van der Waals surface area contributed by atoms with Crippen molar-refractivity contribution >= 4 is 29.2 Å². The molecule has 3 amide bonds. The third-order valence-electron chi connectivity index (χ3n) is 4.34. The molecule has 1 atom stereocenters. The van der Waals surface area contributed by atoms with Crippen molar-refractivity contribution in [3.63, 3.8) is 0 Å². The highest BCUT2D eigenvalue weighted by Crippen LogP contribution is 2.28. The molecule has 0 bridgehead atoms. The maximum Gasteiger partial charge on any atom is 0.319 e. The Morgan fingerprint density at radius 1 is 1.12 bits per heavy atom. The summed E-state index contributed by atoms with van der Waals surface area (Å²) in [5.74, 6) is -0.276. The zero-order chi connectivity index (χ0) is 18.7. The fourth-order valence-electron chi connectivity index (χ4n) is 2.92. The Morgan fingerprint density at radius 3 is 2.38 bits per heavy atom. The molecular weight excluding hydrogens is 350 g/mol. The highest BCUT2D eigenvalue weighted by atomic mass is 35.5. The maximum atomic E-state index is 12.9. The number of urea groups is 1. The van der Waals surface area contributed by atoms with E-state index in [2.05, 4.69) is 22.9 Å². The molecule has 2 aromatic carbocycles. The summed E-state index contributed by atoms with van der Waals surface area (Å²) >= 11 is 5.88. The second-order valence-corrected chi connectivity index (χ2v) is 6.56. The smallest absolute Gasteiger partial charge is 0.319 e. The Bertz CT molecular complexity index is 858. The molecule has 6 heteroatoms. The van der Waals surface area contributed by atoms with Crippen LogP contribution in [0.5, 0.6) is 0 Å². The van der Waals surface area contributed by atoms with Crippen molar-refractivity contribution in [2.24, 2.45) is 0 Å². The summed E-state index contributed by atoms with van der Waals surface area (Å²) in [6, 6.07) is 13.9. The Labute approximate surface area is 157 Å². The molecule has 134 valence electrons. The number of anilines is 1. The van der Waals surface area contributed by atoms with Crippen LogP contribution in [-0.2, 0) is 11.2 Å². The lowest BCUT2D eigenvalue weighted by Crippen LogP contribution is -2.45. The number of benzene rings is 2. The number of nitrogens with one attached hydrogen (secondary N) is 3. The van der Waals surface area contributed by atoms with Crippen molar-refractivity contribution in [3.8, 4) is 0 Å². The molecular formula is C20H20ClN3O2. The Morgan fingerprint density at radius 2 is 1.77 bits per heavy atom. The predicted octanol–water partition coefficient (Wildman–Crippen LogP) is 4.17. The number of amides is 3. The molecule has 3 rings (SSSR count). The summed E-state index contributed by atoms with van der Waals surface area (Å²) < 4.78 is 0. The molecule has 5 nitrogen and oxygen atoms in total. The lowest BCUT2D eigenvalue weighted by atomic mass is 9.94. The standard InChI is InChI=1S/C20H20ClN3O2/c1-3-13-4-6-14(7-5-13)18-17(12(2)22-20(26)24-18)19(25)23-16-10-8-15(21)9-11-16/h4-11,18H,3H2,1-2H3,(H,23,25)(H2,22,24,26). The average Bonchev–Trinajstić information content (AvgIpc) is 2.63. The van der Waals surface area contributed by atoms with Crippen molar-refractivity contribution in [1.29, 1.82) is 0 Å². The minimum Gasteiger partial charge on any atom is -0.327 e. The van der Waals surface area contributed by atoms with Crippen LogP contribution in [-0.4, -0.2) is 11.9 Å². The largest absolute Gasteiger partial charge is 0.327 e. The first-order chi connectivity index (χ1) is 12.5. The number of carbonyl (C=O) groups excluding carboxylic acids is 2. The summed E-state index contributed by atoms with van der Waals surface area (Å²) in [4.78, 5) is 24.8. The van der Waals surface area contributed by atoms with Gasteiger partial charge in [-0.2, -0.15) is 0 Å². The normalized spacial score (nSPS) is 16.7. The molecule has 1 unspecified atom stereocenters. The van der Waals surface area contributed by atoms with E-state index >= 15 is 0 Å². The van der Waals surface area contributed by atoms with Crippen LogP contribution in [0.1, 0.15) is 31.0 Å². The number of carbonyl (C=O) groups is 2. The number of aryl methyl sites for hydroxylation is 1. The van der Waals surface area contributed by atoms with Gasteiger partial charge in [0.1, 0.15) is 0 Å². The van der Waals surface area contributed by atoms with Gasteiger partial charge in [-0.1, -0.05) is 42.8 Å². The van der Waals surface area contributed by atoms with Gasteiger partial charge in [0.05, 0.1) is 11.6 Å². The van der Waals surface area contributed by atoms with Crippen LogP contribution in [0.4, 0.5) is 10.5 Å². The van der Waals surface area contributed by atoms with E-state index in [1.807, 2.05) is 24.3 Å². The van der Waals surface area contributed by atoms with Crippen LogP contribution < -0.4 is 16.0 Å². The summed E-state index contributed by atoms with van der Waals surface area (Å²) in [5.41, 5.74) is 3.70. The molecule has 0 radical (unpaired) electrons. The van der Waals surface area contributed by atoms with Gasteiger partial charge in [0.2, 0.25) is 0 Å². The fraction of sp³-hybridized carbons (Fsp3) is 0.200. The molecule has 1 aliphatic rings. The first-order valence-electron chi connectivity index (χ1n) is 8.42. The third-order valence-corrected chi connectivity index (χ3v) is 4.59. The third kappa shape index (κ3) is 3.89. The summed E-state index contributed by atoms with van der Waals surface area (Å²) in [5, 5.41) is 8.97. The molecule has 1 heterocycles. The number of hydrogen-bond donors (Lipinski definition) is 3. The molecule has 0 saturated carbocycles. The number of hydrogen-bond acceptors (Lipinski definition) is 2. The molecule has 0 aromatic heterocycles. The lowest BCUT2D eigenvalue weighted by molar-refractivity contribution is -0.113. The van der Waals surface area contributed by atoms with E-state index in [-0.39, 0.29) is 11.9 Å². The van der Waals surface area contributed by atoms with E-state index in [4.69, 9.17) is 11.6 Å². The molecule has 2 aromatic rings. The van der Waals surface area contributed by atoms with Crippen LogP contribution in [0.3, 0.4) is 0 Å². The predicted molar refractivity (Wildman–Crippen MR) is 103 cm³/mol. The minimum absolute atomic E-state index is 0.276. The Kier molecular flexibility index (Phi) is 5.28. The lowest BCUT2D eigenvalue weighted by Gasteiger charge is -2.28. The fourth-order valence-corrected chi connectivity index (χ4v) is 3.05. The zero-order valence-electron chi connectivity index (χ0n) is 14.6. The number of halogens is 1. The van der Waals surface area contributed by atoms with Crippen molar-refractivity contribution in [1.82, 2.24) is 10.6 Å². The number of allylic oxidation sites excluding steroid dienone is 1. The second kappa shape index (κ2) is 7.62. The van der Waals surface area contributed by atoms with Gasteiger partial charge in [-0.25, -0.2) is 4.79 Å². The van der Waals surface area contributed by atoms with Crippen LogP contribution in [0.2, 0.25) is 5.02 Å². The van der Waals surface area contributed by atoms with Crippen molar-refractivity contribution in [2.45, 2.75) is 26.3 Å². The van der Waals surface area contributed by atoms with Crippen LogP contribution in [0, 0.1) is 0 Å². The summed E-state index contributed by atoms with van der Waals surface area (Å²) in [6.45, 7) is 3.80. The molecule has 0 aliphatic carbocycles. The van der Waals surface area contributed by atoms with Gasteiger partial charge in [0.25, 0.3) is 5.91 Å². The van der Waals surface area contributed by atoms with Crippen LogP contribution >= 0.6 is 11.6 Å². The quantitative estimate of drug-likeness (QED) is 0.757. The van der Waals surface area contributed by atoms with Crippen molar-refractivity contribution in [3.05, 3.63) is 76.0 Å². The van der Waals surface area contributed by atoms with E-state index in [1.165, 1.54) is 5.56 Å². The zero-order valence-corrected chi connectivity index (χ0v) is 15.4. The number of rotatable bonds is 4. The van der Waals surface area contributed by atoms with Crippen molar-refractivity contribution < 1.29 is 9.59 Å². The molecule has 0 spiro atoms. The van der Waals surface area contributed by atoms with E-state index < -0.39 is 6.04 Å². The van der Waals surface area contributed by atoms with E-state index in [0.717, 1.165) is 12.0 Å². The van der Waals surface area contributed by atoms with Gasteiger partial charge in [0.15, 0.2) is 0 Å². The molecule has 1 aliphatic heterocycles. The van der Waals surface area contributed by atoms with Gasteiger partial charge in [-0.3, -0.25) is 4.79 Å². The molecule has 0 saturated heterocycles. The second-order valence-electron chi connectivity index (χ2n) is 6.13. The summed E-state index contributed by atoms with van der Waals surface area (Å²) in [6.07, 6.45) is 0.928. The van der Waals surface area contributed by atoms with Gasteiger partial charge < -0.3 is 16.0 Å². The van der Waals surface area contributed by atoms with Crippen molar-refractivity contribution in [2.75, 3.05) is 5.32 Å². The highest BCUT2D eigenvalue weighted by molar-refractivity contribution is 6.30. The first kappa shape index (κ1) is 18.0. The average molecular weight is 370 g/mol. The van der Waals surface area contributed by atoms with Gasteiger partial charge in [-0.15, -0.1) is 0 Å². The van der Waals surface area contributed by atoms with Crippen LogP contribution in [0.15, 0.2) is 59.8 Å². The molecule has 3 N–H and O–H groups in total. The van der Waals surface area contributed by atoms with Crippen LogP contribution in [0.25, 0.3) is 0 Å².